The molecule has 3 heterocycles. The summed E-state index contributed by atoms with van der Waals surface area (Å²) in [6.45, 7) is 0. The monoisotopic (exact) mass is 733 g/mol. The van der Waals surface area contributed by atoms with Crippen molar-refractivity contribution < 1.29 is 4.42 Å². The first-order chi connectivity index (χ1) is 27.7. The van der Waals surface area contributed by atoms with Gasteiger partial charge in [0.2, 0.25) is 0 Å². The van der Waals surface area contributed by atoms with Crippen molar-refractivity contribution in [3.05, 3.63) is 188 Å². The van der Waals surface area contributed by atoms with Crippen LogP contribution in [0.2, 0.25) is 0 Å². The molecule has 0 saturated heterocycles. The molecule has 56 heavy (non-hydrogen) atoms. The molecule has 0 atom stereocenters. The summed E-state index contributed by atoms with van der Waals surface area (Å²) in [5.41, 5.74) is 11.5. The maximum absolute atomic E-state index is 6.48. The second-order valence-corrected chi connectivity index (χ2v) is 15.1. The highest BCUT2D eigenvalue weighted by Crippen LogP contribution is 2.44. The van der Waals surface area contributed by atoms with Gasteiger partial charge >= 0.3 is 0 Å². The normalized spacial score (nSPS) is 11.6. The Labute approximate surface area is 327 Å². The van der Waals surface area contributed by atoms with Crippen LogP contribution in [0.4, 0.5) is 0 Å². The summed E-state index contributed by atoms with van der Waals surface area (Å²) < 4.78 is 8.87. The minimum atomic E-state index is 0.642. The lowest BCUT2D eigenvalue weighted by atomic mass is 9.95. The molecular formula is C51H31N3OS. The Morgan fingerprint density at radius 2 is 0.929 bits per heavy atom. The van der Waals surface area contributed by atoms with Crippen LogP contribution in [0.3, 0.4) is 0 Å². The van der Waals surface area contributed by atoms with Crippen molar-refractivity contribution in [3.63, 3.8) is 0 Å². The van der Waals surface area contributed by atoms with Gasteiger partial charge in [-0.15, -0.1) is 11.3 Å². The molecular weight excluding hydrogens is 703 g/mol. The van der Waals surface area contributed by atoms with E-state index in [-0.39, 0.29) is 0 Å². The second kappa shape index (κ2) is 13.3. The molecule has 0 unspecified atom stereocenters. The van der Waals surface area contributed by atoms with Gasteiger partial charge in [-0.1, -0.05) is 158 Å². The number of aromatic nitrogens is 3. The van der Waals surface area contributed by atoms with Crippen molar-refractivity contribution in [1.82, 2.24) is 15.0 Å². The predicted octanol–water partition coefficient (Wildman–Crippen LogP) is 14.1. The van der Waals surface area contributed by atoms with Gasteiger partial charge in [0, 0.05) is 53.2 Å². The van der Waals surface area contributed by atoms with E-state index in [9.17, 15) is 0 Å². The molecule has 0 saturated carbocycles. The van der Waals surface area contributed by atoms with Crippen LogP contribution in [0.15, 0.2) is 192 Å². The SMILES string of the molecule is c1ccc(-c2ccc(-c3nc(-c4ccccc4)nc(-c4cccc5sc6cc(-c7cc(-c8ccccc8)c8oc9ccccc9c8c7)ccc6c45)n3)cc2)cc1. The molecule has 0 fully saturated rings. The summed E-state index contributed by atoms with van der Waals surface area (Å²) in [5, 5.41) is 4.56. The molecule has 11 aromatic rings. The summed E-state index contributed by atoms with van der Waals surface area (Å²) in [4.78, 5) is 15.3. The van der Waals surface area contributed by atoms with Gasteiger partial charge in [0.05, 0.1) is 0 Å². The molecule has 11 rings (SSSR count). The average Bonchev–Trinajstić information content (AvgIpc) is 3.85. The molecule has 8 aromatic carbocycles. The van der Waals surface area contributed by atoms with E-state index in [1.54, 1.807) is 11.3 Å². The summed E-state index contributed by atoms with van der Waals surface area (Å²) in [6, 6.07) is 65.7. The maximum Gasteiger partial charge on any atom is 0.164 e. The molecule has 0 radical (unpaired) electrons. The van der Waals surface area contributed by atoms with Gasteiger partial charge in [-0.25, -0.2) is 15.0 Å². The topological polar surface area (TPSA) is 51.8 Å². The minimum Gasteiger partial charge on any atom is -0.455 e. The van der Waals surface area contributed by atoms with Crippen molar-refractivity contribution in [1.29, 1.82) is 0 Å². The van der Waals surface area contributed by atoms with Crippen LogP contribution in [0.1, 0.15) is 0 Å². The van der Waals surface area contributed by atoms with Crippen molar-refractivity contribution in [2.24, 2.45) is 0 Å². The number of fused-ring (bicyclic) bond motifs is 6. The first-order valence-corrected chi connectivity index (χ1v) is 19.5. The van der Waals surface area contributed by atoms with E-state index in [1.807, 2.05) is 36.4 Å². The van der Waals surface area contributed by atoms with E-state index >= 15 is 0 Å². The number of thiophene rings is 1. The molecule has 0 spiro atoms. The summed E-state index contributed by atoms with van der Waals surface area (Å²) in [5.74, 6) is 1.94. The molecule has 4 nitrogen and oxygen atoms in total. The lowest BCUT2D eigenvalue weighted by Crippen LogP contribution is -2.00. The van der Waals surface area contributed by atoms with E-state index in [2.05, 4.69) is 152 Å². The fraction of sp³-hybridized carbons (Fsp3) is 0. The van der Waals surface area contributed by atoms with Crippen molar-refractivity contribution in [3.8, 4) is 67.5 Å². The number of para-hydroxylation sites is 1. The van der Waals surface area contributed by atoms with Crippen molar-refractivity contribution in [2.75, 3.05) is 0 Å². The number of benzene rings is 8. The van der Waals surface area contributed by atoms with Crippen molar-refractivity contribution >= 4 is 53.4 Å². The van der Waals surface area contributed by atoms with Gasteiger partial charge in [0.15, 0.2) is 17.5 Å². The zero-order chi connectivity index (χ0) is 37.0. The van der Waals surface area contributed by atoms with Crippen molar-refractivity contribution in [2.45, 2.75) is 0 Å². The summed E-state index contributed by atoms with van der Waals surface area (Å²) in [6.07, 6.45) is 0. The number of nitrogens with zero attached hydrogens (tertiary/aromatic N) is 3. The van der Waals surface area contributed by atoms with Gasteiger partial charge in [-0.05, 0) is 58.1 Å². The quantitative estimate of drug-likeness (QED) is 0.171. The van der Waals surface area contributed by atoms with Crippen LogP contribution >= 0.6 is 11.3 Å². The minimum absolute atomic E-state index is 0.642. The average molecular weight is 734 g/mol. The molecule has 262 valence electrons. The molecule has 0 aliphatic rings. The highest BCUT2D eigenvalue weighted by Gasteiger charge is 2.19. The first kappa shape index (κ1) is 32.2. The summed E-state index contributed by atoms with van der Waals surface area (Å²) >= 11 is 1.80. The zero-order valence-electron chi connectivity index (χ0n) is 30.1. The van der Waals surface area contributed by atoms with E-state index in [0.29, 0.717) is 17.5 Å². The molecule has 0 aliphatic heterocycles. The van der Waals surface area contributed by atoms with Crippen LogP contribution in [-0.4, -0.2) is 15.0 Å². The van der Waals surface area contributed by atoms with Gasteiger partial charge < -0.3 is 4.42 Å². The van der Waals surface area contributed by atoms with Crippen LogP contribution < -0.4 is 0 Å². The molecule has 0 aliphatic carbocycles. The van der Waals surface area contributed by atoms with Crippen LogP contribution in [0.5, 0.6) is 0 Å². The second-order valence-electron chi connectivity index (χ2n) is 14.0. The number of furan rings is 1. The highest BCUT2D eigenvalue weighted by atomic mass is 32.1. The Kier molecular flexibility index (Phi) is 7.64. The Morgan fingerprint density at radius 1 is 0.339 bits per heavy atom. The number of hydrogen-bond donors (Lipinski definition) is 0. The molecule has 0 N–H and O–H groups in total. The third kappa shape index (κ3) is 5.56. The smallest absolute Gasteiger partial charge is 0.164 e. The van der Waals surface area contributed by atoms with Gasteiger partial charge in [0.1, 0.15) is 11.2 Å². The van der Waals surface area contributed by atoms with Crippen LogP contribution in [0.25, 0.3) is 110 Å². The van der Waals surface area contributed by atoms with E-state index < -0.39 is 0 Å². The van der Waals surface area contributed by atoms with Crippen LogP contribution in [0, 0.1) is 0 Å². The molecule has 5 heteroatoms. The van der Waals surface area contributed by atoms with Gasteiger partial charge in [0.25, 0.3) is 0 Å². The standard InChI is InChI=1S/C51H31N3OS/c1-4-13-32(14-5-1)33-23-25-36(26-24-33)50-52-49(35-17-8-3-9-18-35)53-51(54-50)41-20-12-22-45-47(41)40-28-27-37(31-46(40)56-45)38-29-42(34-15-6-2-7-16-34)48-43(30-38)39-19-10-11-21-44(39)55-48/h1-31H. The van der Waals surface area contributed by atoms with Crippen LogP contribution in [-0.2, 0) is 0 Å². The first-order valence-electron chi connectivity index (χ1n) is 18.7. The number of rotatable bonds is 6. The maximum atomic E-state index is 6.48. The van der Waals surface area contributed by atoms with E-state index in [0.717, 1.165) is 71.8 Å². The number of hydrogen-bond acceptors (Lipinski definition) is 5. The fourth-order valence-corrected chi connectivity index (χ4v) is 8.97. The molecule has 3 aromatic heterocycles. The fourth-order valence-electron chi connectivity index (χ4n) is 7.80. The van der Waals surface area contributed by atoms with E-state index in [1.165, 1.54) is 20.3 Å². The third-order valence-electron chi connectivity index (χ3n) is 10.6. The van der Waals surface area contributed by atoms with Gasteiger partial charge in [-0.2, -0.15) is 0 Å². The predicted molar refractivity (Wildman–Crippen MR) is 233 cm³/mol. The highest BCUT2D eigenvalue weighted by molar-refractivity contribution is 7.26. The largest absolute Gasteiger partial charge is 0.455 e. The zero-order valence-corrected chi connectivity index (χ0v) is 30.9. The third-order valence-corrected chi connectivity index (χ3v) is 11.7. The Bertz CT molecular complexity index is 3230. The Balaban J connectivity index is 1.06. The summed E-state index contributed by atoms with van der Waals surface area (Å²) in [7, 11) is 0. The molecule has 0 bridgehead atoms. The lowest BCUT2D eigenvalue weighted by Gasteiger charge is -2.10. The Morgan fingerprint density at radius 3 is 1.68 bits per heavy atom. The molecule has 0 amide bonds. The van der Waals surface area contributed by atoms with E-state index in [4.69, 9.17) is 19.4 Å². The lowest BCUT2D eigenvalue weighted by molar-refractivity contribution is 0.670. The Hall–Kier alpha value is -7.21. The van der Waals surface area contributed by atoms with Gasteiger partial charge in [-0.3, -0.25) is 0 Å².